The maximum atomic E-state index is 13.1. The van der Waals surface area contributed by atoms with Crippen molar-refractivity contribution in [2.75, 3.05) is 40.9 Å². The summed E-state index contributed by atoms with van der Waals surface area (Å²) in [7, 11) is 7.67. The zero-order chi connectivity index (χ0) is 26.1. The van der Waals surface area contributed by atoms with Crippen molar-refractivity contribution in [3.63, 3.8) is 0 Å². The van der Waals surface area contributed by atoms with Gasteiger partial charge in [-0.05, 0) is 59.2 Å². The molecule has 1 amide bonds. The Labute approximate surface area is 209 Å². The van der Waals surface area contributed by atoms with E-state index in [1.165, 1.54) is 32.4 Å². The van der Waals surface area contributed by atoms with Gasteiger partial charge in [0.15, 0.2) is 23.0 Å². The number of carbonyl (C=O) groups excluding carboxylic acids is 1. The number of nitrogens with one attached hydrogen (secondary N) is 1. The molecule has 0 saturated heterocycles. The van der Waals surface area contributed by atoms with E-state index in [0.717, 1.165) is 11.1 Å². The first-order valence-electron chi connectivity index (χ1n) is 10.9. The zero-order valence-electron chi connectivity index (χ0n) is 20.8. The van der Waals surface area contributed by atoms with Gasteiger partial charge in [-0.15, -0.1) is 0 Å². The van der Waals surface area contributed by atoms with E-state index < -0.39 is 0 Å². The summed E-state index contributed by atoms with van der Waals surface area (Å²) in [6, 6.07) is 13.0. The van der Waals surface area contributed by atoms with Crippen molar-refractivity contribution >= 4 is 29.8 Å². The van der Waals surface area contributed by atoms with Crippen LogP contribution < -0.4 is 29.0 Å². The highest BCUT2D eigenvalue weighted by atomic mass is 19.1. The van der Waals surface area contributed by atoms with E-state index in [1.54, 1.807) is 51.7 Å². The highest BCUT2D eigenvalue weighted by Crippen LogP contribution is 2.40. The Morgan fingerprint density at radius 1 is 0.667 bits per heavy atom. The Bertz CT molecular complexity index is 1240. The molecule has 36 heavy (non-hydrogen) atoms. The Morgan fingerprint density at radius 2 is 1.17 bits per heavy atom. The summed E-state index contributed by atoms with van der Waals surface area (Å²) < 4.78 is 40.2. The van der Waals surface area contributed by atoms with Crippen LogP contribution in [0.5, 0.6) is 28.7 Å². The fourth-order valence-electron chi connectivity index (χ4n) is 3.49. The van der Waals surface area contributed by atoms with Crippen molar-refractivity contribution in [1.29, 1.82) is 0 Å². The van der Waals surface area contributed by atoms with Gasteiger partial charge in [-0.1, -0.05) is 24.3 Å². The maximum absolute atomic E-state index is 13.1. The molecule has 0 aliphatic heterocycles. The molecular weight excluding hydrogens is 465 g/mol. The summed E-state index contributed by atoms with van der Waals surface area (Å²) in [4.78, 5) is 12.6. The Balaban J connectivity index is 1.90. The van der Waals surface area contributed by atoms with E-state index in [0.29, 0.717) is 40.0 Å². The Kier molecular flexibility index (Phi) is 8.94. The highest BCUT2D eigenvalue weighted by Gasteiger charge is 2.15. The van der Waals surface area contributed by atoms with Crippen LogP contribution in [0.2, 0.25) is 0 Å². The topological polar surface area (TPSA) is 75.3 Å². The van der Waals surface area contributed by atoms with Crippen LogP contribution in [-0.4, -0.2) is 41.5 Å². The number of carbonyl (C=O) groups is 1. The van der Waals surface area contributed by atoms with Gasteiger partial charge >= 0.3 is 0 Å². The quantitative estimate of drug-likeness (QED) is 0.289. The summed E-state index contributed by atoms with van der Waals surface area (Å²) in [5.74, 6) is 1.67. The molecule has 0 atom stereocenters. The average molecular weight is 494 g/mol. The Hall–Kier alpha value is -4.46. The van der Waals surface area contributed by atoms with Gasteiger partial charge in [-0.3, -0.25) is 4.79 Å². The SMILES string of the molecule is COc1cc(/C=C/c2cc(OC)c(OC)c(OC)c2)cc(NC(=O)/C=C/c2ccc(F)cc2)c1OC. The summed E-state index contributed by atoms with van der Waals surface area (Å²) in [5.41, 5.74) is 2.68. The second kappa shape index (κ2) is 12.3. The monoisotopic (exact) mass is 493 g/mol. The van der Waals surface area contributed by atoms with Gasteiger partial charge in [0, 0.05) is 6.08 Å². The number of anilines is 1. The normalized spacial score (nSPS) is 10.9. The number of halogens is 1. The average Bonchev–Trinajstić information content (AvgIpc) is 2.90. The number of rotatable bonds is 10. The van der Waals surface area contributed by atoms with Crippen molar-refractivity contribution in [3.05, 3.63) is 77.1 Å². The number of methoxy groups -OCH3 is 5. The van der Waals surface area contributed by atoms with Gasteiger partial charge in [0.25, 0.3) is 0 Å². The minimum absolute atomic E-state index is 0.343. The molecule has 0 bridgehead atoms. The second-order valence-corrected chi connectivity index (χ2v) is 7.47. The summed E-state index contributed by atoms with van der Waals surface area (Å²) in [6.07, 6.45) is 6.67. The van der Waals surface area contributed by atoms with Gasteiger partial charge in [0.2, 0.25) is 11.7 Å². The number of ether oxygens (including phenoxy) is 5. The first kappa shape index (κ1) is 26.2. The van der Waals surface area contributed by atoms with E-state index in [1.807, 2.05) is 24.3 Å². The molecule has 3 aromatic carbocycles. The zero-order valence-corrected chi connectivity index (χ0v) is 20.8. The molecule has 0 aliphatic rings. The van der Waals surface area contributed by atoms with Crippen LogP contribution in [-0.2, 0) is 4.79 Å². The lowest BCUT2D eigenvalue weighted by atomic mass is 10.1. The van der Waals surface area contributed by atoms with Gasteiger partial charge in [-0.25, -0.2) is 4.39 Å². The third-order valence-corrected chi connectivity index (χ3v) is 5.21. The molecule has 7 nitrogen and oxygen atoms in total. The number of benzene rings is 3. The molecule has 0 unspecified atom stereocenters. The minimum Gasteiger partial charge on any atom is -0.493 e. The summed E-state index contributed by atoms with van der Waals surface area (Å²) >= 11 is 0. The minimum atomic E-state index is -0.384. The molecular formula is C28H28FNO6. The van der Waals surface area contributed by atoms with E-state index in [4.69, 9.17) is 23.7 Å². The summed E-state index contributed by atoms with van der Waals surface area (Å²) in [5, 5.41) is 2.81. The number of amides is 1. The third kappa shape index (κ3) is 6.35. The molecule has 0 radical (unpaired) electrons. The lowest BCUT2D eigenvalue weighted by Crippen LogP contribution is -2.09. The largest absolute Gasteiger partial charge is 0.493 e. The molecule has 8 heteroatoms. The van der Waals surface area contributed by atoms with Crippen LogP contribution in [0.25, 0.3) is 18.2 Å². The van der Waals surface area contributed by atoms with Gasteiger partial charge in [-0.2, -0.15) is 0 Å². The van der Waals surface area contributed by atoms with Crippen LogP contribution >= 0.6 is 0 Å². The predicted octanol–water partition coefficient (Wildman–Crippen LogP) is 5.69. The fraction of sp³-hybridized carbons (Fsp3) is 0.179. The smallest absolute Gasteiger partial charge is 0.248 e. The molecule has 0 fully saturated rings. The number of hydrogen-bond acceptors (Lipinski definition) is 6. The molecule has 3 rings (SSSR count). The van der Waals surface area contributed by atoms with Crippen LogP contribution in [0.1, 0.15) is 16.7 Å². The highest BCUT2D eigenvalue weighted by molar-refractivity contribution is 6.03. The van der Waals surface area contributed by atoms with E-state index >= 15 is 0 Å². The van der Waals surface area contributed by atoms with Crippen LogP contribution in [0.15, 0.2) is 54.6 Å². The van der Waals surface area contributed by atoms with Crippen molar-refractivity contribution in [2.24, 2.45) is 0 Å². The van der Waals surface area contributed by atoms with Crippen molar-refractivity contribution in [2.45, 2.75) is 0 Å². The van der Waals surface area contributed by atoms with E-state index in [9.17, 15) is 9.18 Å². The lowest BCUT2D eigenvalue weighted by molar-refractivity contribution is -0.111. The first-order chi connectivity index (χ1) is 17.4. The van der Waals surface area contributed by atoms with Crippen molar-refractivity contribution < 1.29 is 32.9 Å². The van der Waals surface area contributed by atoms with Crippen molar-refractivity contribution in [3.8, 4) is 28.7 Å². The predicted molar refractivity (Wildman–Crippen MR) is 139 cm³/mol. The molecule has 0 aliphatic carbocycles. The molecule has 188 valence electrons. The molecule has 0 saturated carbocycles. The maximum Gasteiger partial charge on any atom is 0.248 e. The molecule has 3 aromatic rings. The van der Waals surface area contributed by atoms with Gasteiger partial charge in [0.05, 0.1) is 41.2 Å². The summed E-state index contributed by atoms with van der Waals surface area (Å²) in [6.45, 7) is 0. The number of hydrogen-bond donors (Lipinski definition) is 1. The van der Waals surface area contributed by atoms with Gasteiger partial charge in [0.1, 0.15) is 5.82 Å². The van der Waals surface area contributed by atoms with Crippen LogP contribution in [0.3, 0.4) is 0 Å². The standard InChI is InChI=1S/C28H28FNO6/c1-32-23-15-19(6-7-20-16-24(33-2)28(36-5)25(17-20)34-3)14-22(27(23)35-4)30-26(31)13-10-18-8-11-21(29)12-9-18/h6-17H,1-5H3,(H,30,31)/b7-6+,13-10+. The fourth-order valence-corrected chi connectivity index (χ4v) is 3.49. The molecule has 1 N–H and O–H groups in total. The molecule has 0 spiro atoms. The van der Waals surface area contributed by atoms with Crippen molar-refractivity contribution in [1.82, 2.24) is 0 Å². The Morgan fingerprint density at radius 3 is 1.67 bits per heavy atom. The third-order valence-electron chi connectivity index (χ3n) is 5.21. The van der Waals surface area contributed by atoms with Crippen LogP contribution in [0.4, 0.5) is 10.1 Å². The lowest BCUT2D eigenvalue weighted by Gasteiger charge is -2.14. The van der Waals surface area contributed by atoms with Crippen LogP contribution in [0, 0.1) is 5.82 Å². The van der Waals surface area contributed by atoms with E-state index in [-0.39, 0.29) is 11.7 Å². The molecule has 0 heterocycles. The second-order valence-electron chi connectivity index (χ2n) is 7.47. The molecule has 0 aromatic heterocycles. The van der Waals surface area contributed by atoms with Gasteiger partial charge < -0.3 is 29.0 Å². The first-order valence-corrected chi connectivity index (χ1v) is 10.9. The van der Waals surface area contributed by atoms with E-state index in [2.05, 4.69) is 5.32 Å².